The van der Waals surface area contributed by atoms with Crippen molar-refractivity contribution in [3.63, 3.8) is 0 Å². The fourth-order valence-corrected chi connectivity index (χ4v) is 2.38. The average molecular weight is 335 g/mol. The van der Waals surface area contributed by atoms with Crippen molar-refractivity contribution in [1.29, 1.82) is 0 Å². The van der Waals surface area contributed by atoms with Crippen LogP contribution in [0.15, 0.2) is 47.8 Å². The van der Waals surface area contributed by atoms with Crippen LogP contribution >= 0.6 is 11.6 Å². The molecule has 0 spiro atoms. The van der Waals surface area contributed by atoms with Crippen molar-refractivity contribution in [1.82, 2.24) is 10.2 Å². The molecule has 0 bridgehead atoms. The Hall–Kier alpha value is -2.27. The number of rotatable bonds is 5. The number of Topliss-reactive ketones (excluding diaryl/α,β-unsaturated/α-hetero) is 1. The van der Waals surface area contributed by atoms with Gasteiger partial charge in [-0.25, -0.2) is 4.79 Å². The number of nitrogens with zero attached hydrogens (tertiary/aromatic N) is 1. The van der Waals surface area contributed by atoms with Gasteiger partial charge in [-0.3, -0.25) is 4.79 Å². The number of allylic oxidation sites excluding steroid dienone is 2. The molecule has 6 heteroatoms. The number of nitrogens with one attached hydrogen (secondary N) is 1. The zero-order valence-electron chi connectivity index (χ0n) is 13.1. The lowest BCUT2D eigenvalue weighted by Crippen LogP contribution is -2.20. The van der Waals surface area contributed by atoms with Gasteiger partial charge in [0.1, 0.15) is 5.82 Å². The first-order chi connectivity index (χ1) is 11.0. The van der Waals surface area contributed by atoms with E-state index >= 15 is 0 Å². The molecular weight excluding hydrogens is 316 g/mol. The number of hydrogen-bond donors (Lipinski definition) is 1. The molecule has 1 heterocycles. The number of halogens is 1. The topological polar surface area (TPSA) is 58.6 Å². The van der Waals surface area contributed by atoms with Crippen molar-refractivity contribution in [2.45, 2.75) is 6.92 Å². The SMILES string of the molecule is CCOC(=O)C=C/C(C(=O)c1ccc(Cl)cc1)=C1/NCCN1C. The summed E-state index contributed by atoms with van der Waals surface area (Å²) in [6.45, 7) is 3.56. The summed E-state index contributed by atoms with van der Waals surface area (Å²) in [5, 5.41) is 3.74. The van der Waals surface area contributed by atoms with Gasteiger partial charge >= 0.3 is 5.97 Å². The van der Waals surface area contributed by atoms with Crippen LogP contribution in [0.2, 0.25) is 5.02 Å². The molecule has 0 atom stereocenters. The number of carbonyl (C=O) groups is 2. The van der Waals surface area contributed by atoms with E-state index in [2.05, 4.69) is 5.32 Å². The molecule has 5 nitrogen and oxygen atoms in total. The fourth-order valence-electron chi connectivity index (χ4n) is 2.25. The summed E-state index contributed by atoms with van der Waals surface area (Å²) in [5.41, 5.74) is 0.924. The minimum absolute atomic E-state index is 0.182. The second-order valence-corrected chi connectivity index (χ2v) is 5.47. The van der Waals surface area contributed by atoms with E-state index in [0.717, 1.165) is 13.1 Å². The van der Waals surface area contributed by atoms with Crippen molar-refractivity contribution in [3.8, 4) is 0 Å². The van der Waals surface area contributed by atoms with Gasteiger partial charge in [0, 0.05) is 36.8 Å². The number of ketones is 1. The average Bonchev–Trinajstić information content (AvgIpc) is 2.94. The van der Waals surface area contributed by atoms with Crippen molar-refractivity contribution in [2.24, 2.45) is 0 Å². The van der Waals surface area contributed by atoms with Crippen LogP contribution in [0.3, 0.4) is 0 Å². The highest BCUT2D eigenvalue weighted by Crippen LogP contribution is 2.19. The summed E-state index contributed by atoms with van der Waals surface area (Å²) in [4.78, 5) is 26.3. The third-order valence-electron chi connectivity index (χ3n) is 3.40. The fraction of sp³-hybridized carbons (Fsp3) is 0.294. The van der Waals surface area contributed by atoms with E-state index < -0.39 is 5.97 Å². The molecule has 1 fully saturated rings. The van der Waals surface area contributed by atoms with Gasteiger partial charge in [-0.05, 0) is 37.3 Å². The molecule has 0 saturated carbocycles. The van der Waals surface area contributed by atoms with Gasteiger partial charge in [-0.15, -0.1) is 0 Å². The molecule has 0 unspecified atom stereocenters. The summed E-state index contributed by atoms with van der Waals surface area (Å²) in [6, 6.07) is 6.66. The standard InChI is InChI=1S/C17H19ClN2O3/c1-3-23-15(21)9-8-14(17-19-10-11-20(17)2)16(22)12-4-6-13(18)7-5-12/h4-9,19H,3,10-11H2,1-2H3/b9-8?,17-14+. The number of carbonyl (C=O) groups excluding carboxylic acids is 2. The third-order valence-corrected chi connectivity index (χ3v) is 3.65. The van der Waals surface area contributed by atoms with Gasteiger partial charge in [-0.1, -0.05) is 11.6 Å². The number of ether oxygens (including phenoxy) is 1. The van der Waals surface area contributed by atoms with Gasteiger partial charge in [0.2, 0.25) is 0 Å². The van der Waals surface area contributed by atoms with E-state index in [0.29, 0.717) is 28.6 Å². The number of benzene rings is 1. The Morgan fingerprint density at radius 1 is 1.30 bits per heavy atom. The van der Waals surface area contributed by atoms with Gasteiger partial charge in [0.15, 0.2) is 5.78 Å². The zero-order chi connectivity index (χ0) is 16.8. The maximum Gasteiger partial charge on any atom is 0.330 e. The Morgan fingerprint density at radius 2 is 2.00 bits per heavy atom. The lowest BCUT2D eigenvalue weighted by atomic mass is 10.0. The van der Waals surface area contributed by atoms with Crippen LogP contribution in [0.5, 0.6) is 0 Å². The quantitative estimate of drug-likeness (QED) is 0.509. The molecule has 122 valence electrons. The summed E-state index contributed by atoms with van der Waals surface area (Å²) in [6.07, 6.45) is 2.77. The lowest BCUT2D eigenvalue weighted by Gasteiger charge is -2.15. The highest BCUT2D eigenvalue weighted by molar-refractivity contribution is 6.30. The van der Waals surface area contributed by atoms with Crippen molar-refractivity contribution < 1.29 is 14.3 Å². The Balaban J connectivity index is 2.36. The summed E-state index contributed by atoms with van der Waals surface area (Å²) < 4.78 is 4.87. The second kappa shape index (κ2) is 7.83. The highest BCUT2D eigenvalue weighted by atomic mass is 35.5. The van der Waals surface area contributed by atoms with E-state index in [1.165, 1.54) is 12.2 Å². The van der Waals surface area contributed by atoms with Crippen LogP contribution in [0, 0.1) is 0 Å². The van der Waals surface area contributed by atoms with E-state index in [9.17, 15) is 9.59 Å². The Bertz CT molecular complexity index is 650. The smallest absolute Gasteiger partial charge is 0.330 e. The van der Waals surface area contributed by atoms with E-state index in [1.807, 2.05) is 11.9 Å². The maximum atomic E-state index is 12.8. The van der Waals surface area contributed by atoms with Gasteiger partial charge < -0.3 is 15.0 Å². The highest BCUT2D eigenvalue weighted by Gasteiger charge is 2.21. The maximum absolute atomic E-state index is 12.8. The summed E-state index contributed by atoms with van der Waals surface area (Å²) >= 11 is 5.86. The van der Waals surface area contributed by atoms with Crippen LogP contribution in [0.25, 0.3) is 0 Å². The molecule has 1 aliphatic heterocycles. The van der Waals surface area contributed by atoms with Crippen molar-refractivity contribution in [2.75, 3.05) is 26.7 Å². The molecule has 0 aromatic heterocycles. The third kappa shape index (κ3) is 4.36. The van der Waals surface area contributed by atoms with Crippen molar-refractivity contribution in [3.05, 3.63) is 58.4 Å². The monoisotopic (exact) mass is 334 g/mol. The Kier molecular flexibility index (Phi) is 5.82. The van der Waals surface area contributed by atoms with E-state index in [4.69, 9.17) is 16.3 Å². The first kappa shape index (κ1) is 17.1. The predicted molar refractivity (Wildman–Crippen MR) is 89.2 cm³/mol. The van der Waals surface area contributed by atoms with Crippen LogP contribution in [0.1, 0.15) is 17.3 Å². The molecule has 0 aliphatic carbocycles. The molecule has 23 heavy (non-hydrogen) atoms. The molecule has 0 radical (unpaired) electrons. The summed E-state index contributed by atoms with van der Waals surface area (Å²) in [7, 11) is 1.89. The van der Waals surface area contributed by atoms with Gasteiger partial charge in [-0.2, -0.15) is 0 Å². The summed E-state index contributed by atoms with van der Waals surface area (Å²) in [5.74, 6) is 0.0409. The molecule has 1 saturated heterocycles. The zero-order valence-corrected chi connectivity index (χ0v) is 13.9. The van der Waals surface area contributed by atoms with Crippen LogP contribution in [-0.4, -0.2) is 43.4 Å². The largest absolute Gasteiger partial charge is 0.463 e. The van der Waals surface area contributed by atoms with Gasteiger partial charge in [0.25, 0.3) is 0 Å². The number of esters is 1. The second-order valence-electron chi connectivity index (χ2n) is 5.03. The predicted octanol–water partition coefficient (Wildman–Crippen LogP) is 2.39. The minimum Gasteiger partial charge on any atom is -0.463 e. The van der Waals surface area contributed by atoms with E-state index in [1.54, 1.807) is 31.2 Å². The number of likely N-dealkylation sites (N-methyl/N-ethyl adjacent to an activating group) is 1. The molecule has 0 amide bonds. The normalized spacial score (nSPS) is 16.4. The first-order valence-electron chi connectivity index (χ1n) is 7.37. The molecule has 1 aromatic carbocycles. The molecule has 1 aromatic rings. The first-order valence-corrected chi connectivity index (χ1v) is 7.75. The molecule has 2 rings (SSSR count). The minimum atomic E-state index is -0.477. The van der Waals surface area contributed by atoms with Crippen LogP contribution in [-0.2, 0) is 9.53 Å². The Morgan fingerprint density at radius 3 is 2.57 bits per heavy atom. The molecular formula is C17H19ClN2O3. The number of hydrogen-bond acceptors (Lipinski definition) is 5. The van der Waals surface area contributed by atoms with Gasteiger partial charge in [0.05, 0.1) is 12.2 Å². The van der Waals surface area contributed by atoms with Crippen LogP contribution in [0.4, 0.5) is 0 Å². The molecule has 1 aliphatic rings. The lowest BCUT2D eigenvalue weighted by molar-refractivity contribution is -0.137. The van der Waals surface area contributed by atoms with E-state index in [-0.39, 0.29) is 5.78 Å². The molecule has 1 N–H and O–H groups in total. The van der Waals surface area contributed by atoms with Crippen molar-refractivity contribution >= 4 is 23.4 Å². The van der Waals surface area contributed by atoms with Crippen LogP contribution < -0.4 is 5.32 Å². The Labute approximate surface area is 140 Å².